The lowest BCUT2D eigenvalue weighted by molar-refractivity contribution is -0.145. The van der Waals surface area contributed by atoms with Crippen LogP contribution in [0.2, 0.25) is 0 Å². The first-order chi connectivity index (χ1) is 6.14. The quantitative estimate of drug-likeness (QED) is 0.633. The van der Waals surface area contributed by atoms with Crippen LogP contribution in [0.3, 0.4) is 0 Å². The van der Waals surface area contributed by atoms with Crippen LogP contribution in [0.4, 0.5) is 0 Å². The molecule has 2 heteroatoms. The number of hydrogen-bond acceptors (Lipinski definition) is 1. The average molecular weight is 197 g/mol. The van der Waals surface area contributed by atoms with Crippen molar-refractivity contribution in [2.75, 3.05) is 0 Å². The predicted octanol–water partition coefficient (Wildman–Crippen LogP) is 2.82. The normalized spacial score (nSPS) is 18.1. The van der Waals surface area contributed by atoms with Crippen LogP contribution in [0, 0.1) is 5.41 Å². The summed E-state index contributed by atoms with van der Waals surface area (Å²) < 4.78 is 0. The number of carbonyl (C=O) groups is 1. The van der Waals surface area contributed by atoms with Gasteiger partial charge in [0.25, 0.3) is 0 Å². The van der Waals surface area contributed by atoms with E-state index < -0.39 is 0 Å². The van der Waals surface area contributed by atoms with Gasteiger partial charge >= 0.3 is 0 Å². The molecule has 0 aromatic rings. The monoisotopic (exact) mass is 197 g/mol. The summed E-state index contributed by atoms with van der Waals surface area (Å²) in [7, 11) is 0. The molecular formula is C12H23NO. The average Bonchev–Trinajstić information content (AvgIpc) is 2.65. The minimum atomic E-state index is -0.254. The van der Waals surface area contributed by atoms with Crippen LogP contribution in [-0.2, 0) is 4.79 Å². The van der Waals surface area contributed by atoms with Crippen molar-refractivity contribution in [3.05, 3.63) is 0 Å². The van der Waals surface area contributed by atoms with E-state index in [4.69, 9.17) is 0 Å². The molecule has 1 saturated carbocycles. The predicted molar refractivity (Wildman–Crippen MR) is 59.1 cm³/mol. The van der Waals surface area contributed by atoms with Crippen molar-refractivity contribution in [2.24, 2.45) is 5.41 Å². The molecule has 1 amide bonds. The van der Waals surface area contributed by atoms with Crippen LogP contribution in [0.25, 0.3) is 0 Å². The zero-order valence-corrected chi connectivity index (χ0v) is 10.3. The molecule has 0 saturated heterocycles. The van der Waals surface area contributed by atoms with Gasteiger partial charge in [-0.05, 0) is 33.6 Å². The van der Waals surface area contributed by atoms with Crippen molar-refractivity contribution in [3.63, 3.8) is 0 Å². The fourth-order valence-electron chi connectivity index (χ4n) is 1.71. The van der Waals surface area contributed by atoms with E-state index in [1.165, 1.54) is 12.8 Å². The Hall–Kier alpha value is -0.530. The first kappa shape index (κ1) is 11.5. The van der Waals surface area contributed by atoms with Gasteiger partial charge in [-0.15, -0.1) is 0 Å². The third-order valence-electron chi connectivity index (χ3n) is 2.50. The van der Waals surface area contributed by atoms with Crippen LogP contribution in [0.1, 0.15) is 54.4 Å². The van der Waals surface area contributed by atoms with E-state index in [2.05, 4.69) is 25.7 Å². The smallest absolute Gasteiger partial charge is 0.228 e. The first-order valence-corrected chi connectivity index (χ1v) is 5.48. The van der Waals surface area contributed by atoms with Gasteiger partial charge in [0, 0.05) is 17.0 Å². The maximum Gasteiger partial charge on any atom is 0.228 e. The maximum atomic E-state index is 12.2. The van der Waals surface area contributed by atoms with E-state index in [1.54, 1.807) is 0 Å². The SMILES string of the molecule is CC(C)(C)C(=O)N(C1CC1)C(C)(C)C. The molecule has 1 aliphatic carbocycles. The first-order valence-electron chi connectivity index (χ1n) is 5.48. The fraction of sp³-hybridized carbons (Fsp3) is 0.917. The van der Waals surface area contributed by atoms with Crippen molar-refractivity contribution in [1.29, 1.82) is 0 Å². The Bertz CT molecular complexity index is 228. The fourth-order valence-corrected chi connectivity index (χ4v) is 1.71. The zero-order valence-electron chi connectivity index (χ0n) is 10.3. The Balaban J connectivity index is 2.84. The minimum absolute atomic E-state index is 0.0362. The van der Waals surface area contributed by atoms with E-state index in [0.717, 1.165) is 0 Å². The summed E-state index contributed by atoms with van der Waals surface area (Å²) in [6.07, 6.45) is 2.36. The summed E-state index contributed by atoms with van der Waals surface area (Å²) in [4.78, 5) is 14.3. The van der Waals surface area contributed by atoms with Crippen molar-refractivity contribution in [1.82, 2.24) is 4.90 Å². The van der Waals surface area contributed by atoms with Gasteiger partial charge in [-0.3, -0.25) is 4.79 Å². The van der Waals surface area contributed by atoms with Crippen LogP contribution < -0.4 is 0 Å². The lowest BCUT2D eigenvalue weighted by atomic mass is 9.91. The summed E-state index contributed by atoms with van der Waals surface area (Å²) in [5.41, 5.74) is -0.290. The standard InChI is InChI=1S/C12H23NO/c1-11(2,3)10(14)13(9-7-8-9)12(4,5)6/h9H,7-8H2,1-6H3. The lowest BCUT2D eigenvalue weighted by Crippen LogP contribution is -2.51. The third-order valence-corrected chi connectivity index (χ3v) is 2.50. The molecule has 1 fully saturated rings. The van der Waals surface area contributed by atoms with Crippen molar-refractivity contribution < 1.29 is 4.79 Å². The number of amides is 1. The number of carbonyl (C=O) groups excluding carboxylic acids is 1. The highest BCUT2D eigenvalue weighted by molar-refractivity contribution is 5.82. The van der Waals surface area contributed by atoms with Crippen molar-refractivity contribution >= 4 is 5.91 Å². The van der Waals surface area contributed by atoms with Crippen LogP contribution >= 0.6 is 0 Å². The lowest BCUT2D eigenvalue weighted by Gasteiger charge is -2.40. The third kappa shape index (κ3) is 2.49. The van der Waals surface area contributed by atoms with Gasteiger partial charge in [-0.1, -0.05) is 20.8 Å². The summed E-state index contributed by atoms with van der Waals surface area (Å²) in [6, 6.07) is 0.502. The maximum absolute atomic E-state index is 12.2. The van der Waals surface area contributed by atoms with Gasteiger partial charge < -0.3 is 4.90 Å². The van der Waals surface area contributed by atoms with Crippen molar-refractivity contribution in [2.45, 2.75) is 66.0 Å². The van der Waals surface area contributed by atoms with Gasteiger partial charge in [0.05, 0.1) is 0 Å². The molecule has 1 rings (SSSR count). The second-order valence-electron chi connectivity index (χ2n) is 6.33. The second-order valence-corrected chi connectivity index (χ2v) is 6.33. The molecule has 0 N–H and O–H groups in total. The molecule has 0 bridgehead atoms. The molecule has 14 heavy (non-hydrogen) atoms. The summed E-state index contributed by atoms with van der Waals surface area (Å²) in [5, 5.41) is 0. The van der Waals surface area contributed by atoms with E-state index in [0.29, 0.717) is 6.04 Å². The Morgan fingerprint density at radius 3 is 1.71 bits per heavy atom. The van der Waals surface area contributed by atoms with E-state index in [1.807, 2.05) is 20.8 Å². The van der Waals surface area contributed by atoms with Gasteiger partial charge in [-0.2, -0.15) is 0 Å². The van der Waals surface area contributed by atoms with Gasteiger partial charge in [-0.25, -0.2) is 0 Å². The van der Waals surface area contributed by atoms with Crippen molar-refractivity contribution in [3.8, 4) is 0 Å². The van der Waals surface area contributed by atoms with Crippen LogP contribution in [0.15, 0.2) is 0 Å². The molecule has 0 radical (unpaired) electrons. The Kier molecular flexibility index (Phi) is 2.68. The highest BCUT2D eigenvalue weighted by Gasteiger charge is 2.42. The summed E-state index contributed by atoms with van der Waals surface area (Å²) in [5.74, 6) is 0.285. The van der Waals surface area contributed by atoms with E-state index in [9.17, 15) is 4.79 Å². The zero-order chi connectivity index (χ0) is 11.1. The minimum Gasteiger partial charge on any atom is -0.334 e. The molecule has 0 aromatic carbocycles. The highest BCUT2D eigenvalue weighted by atomic mass is 16.2. The summed E-state index contributed by atoms with van der Waals surface area (Å²) >= 11 is 0. The summed E-state index contributed by atoms with van der Waals surface area (Å²) in [6.45, 7) is 12.3. The molecule has 0 unspecified atom stereocenters. The number of rotatable bonds is 1. The molecular weight excluding hydrogens is 174 g/mol. The van der Waals surface area contributed by atoms with Gasteiger partial charge in [0.15, 0.2) is 0 Å². The highest BCUT2D eigenvalue weighted by Crippen LogP contribution is 2.36. The molecule has 0 heterocycles. The van der Waals surface area contributed by atoms with Crippen LogP contribution in [0.5, 0.6) is 0 Å². The Morgan fingerprint density at radius 2 is 1.50 bits per heavy atom. The Morgan fingerprint density at radius 1 is 1.07 bits per heavy atom. The molecule has 0 spiro atoms. The molecule has 0 aliphatic heterocycles. The second kappa shape index (κ2) is 3.25. The van der Waals surface area contributed by atoms with E-state index >= 15 is 0 Å². The number of hydrogen-bond donors (Lipinski definition) is 0. The topological polar surface area (TPSA) is 20.3 Å². The molecule has 1 aliphatic rings. The Labute approximate surface area is 87.7 Å². The van der Waals surface area contributed by atoms with E-state index in [-0.39, 0.29) is 16.9 Å². The van der Waals surface area contributed by atoms with Gasteiger partial charge in [0.2, 0.25) is 5.91 Å². The number of nitrogens with zero attached hydrogens (tertiary/aromatic N) is 1. The molecule has 2 nitrogen and oxygen atoms in total. The largest absolute Gasteiger partial charge is 0.334 e. The molecule has 0 atom stereocenters. The van der Waals surface area contributed by atoms with Gasteiger partial charge in [0.1, 0.15) is 0 Å². The molecule has 82 valence electrons. The van der Waals surface area contributed by atoms with Crippen LogP contribution in [-0.4, -0.2) is 22.4 Å². The molecule has 0 aromatic heterocycles.